The zero-order valence-corrected chi connectivity index (χ0v) is 11.7. The van der Waals surface area contributed by atoms with Crippen LogP contribution in [-0.2, 0) is 17.9 Å². The SMILES string of the molecule is CNCc1cc(COC(C)CC(C)C)oc1C. The summed E-state index contributed by atoms with van der Waals surface area (Å²) in [5.41, 5.74) is 1.21. The number of hydrogen-bond donors (Lipinski definition) is 1. The van der Waals surface area contributed by atoms with Crippen LogP contribution in [0.1, 0.15) is 44.3 Å². The van der Waals surface area contributed by atoms with Crippen LogP contribution in [0.15, 0.2) is 10.5 Å². The first-order valence-corrected chi connectivity index (χ1v) is 6.37. The molecule has 1 aromatic heterocycles. The smallest absolute Gasteiger partial charge is 0.130 e. The van der Waals surface area contributed by atoms with Gasteiger partial charge < -0.3 is 14.5 Å². The summed E-state index contributed by atoms with van der Waals surface area (Å²) < 4.78 is 11.4. The van der Waals surface area contributed by atoms with E-state index in [-0.39, 0.29) is 6.10 Å². The minimum Gasteiger partial charge on any atom is -0.464 e. The second-order valence-electron chi connectivity index (χ2n) is 5.08. The zero-order chi connectivity index (χ0) is 12.8. The van der Waals surface area contributed by atoms with Crippen molar-refractivity contribution >= 4 is 0 Å². The summed E-state index contributed by atoms with van der Waals surface area (Å²) in [6, 6.07) is 2.08. The number of ether oxygens (including phenoxy) is 1. The lowest BCUT2D eigenvalue weighted by atomic mass is 10.1. The minimum absolute atomic E-state index is 0.285. The molecular weight excluding hydrogens is 214 g/mol. The predicted molar refractivity (Wildman–Crippen MR) is 69.9 cm³/mol. The summed E-state index contributed by atoms with van der Waals surface area (Å²) in [6.45, 7) is 9.94. The fourth-order valence-corrected chi connectivity index (χ4v) is 1.98. The normalized spacial score (nSPS) is 13.3. The van der Waals surface area contributed by atoms with E-state index in [0.29, 0.717) is 12.5 Å². The maximum atomic E-state index is 5.77. The molecule has 1 aromatic rings. The van der Waals surface area contributed by atoms with Crippen LogP contribution in [0.5, 0.6) is 0 Å². The first-order chi connectivity index (χ1) is 8.02. The summed E-state index contributed by atoms with van der Waals surface area (Å²) >= 11 is 0. The lowest BCUT2D eigenvalue weighted by Gasteiger charge is -2.13. The fraction of sp³-hybridized carbons (Fsp3) is 0.714. The molecule has 0 aliphatic heterocycles. The molecular formula is C14H25NO2. The third-order valence-electron chi connectivity index (χ3n) is 2.75. The molecule has 98 valence electrons. The number of nitrogens with one attached hydrogen (secondary N) is 1. The largest absolute Gasteiger partial charge is 0.464 e. The van der Waals surface area contributed by atoms with Gasteiger partial charge in [0.05, 0.1) is 6.10 Å². The molecule has 1 N–H and O–H groups in total. The van der Waals surface area contributed by atoms with Crippen LogP contribution in [0.3, 0.4) is 0 Å². The van der Waals surface area contributed by atoms with Crippen molar-refractivity contribution < 1.29 is 9.15 Å². The van der Waals surface area contributed by atoms with E-state index in [9.17, 15) is 0 Å². The average molecular weight is 239 g/mol. The molecule has 17 heavy (non-hydrogen) atoms. The van der Waals surface area contributed by atoms with Gasteiger partial charge in [-0.05, 0) is 39.3 Å². The lowest BCUT2D eigenvalue weighted by Crippen LogP contribution is -2.10. The van der Waals surface area contributed by atoms with Gasteiger partial charge in [0.25, 0.3) is 0 Å². The predicted octanol–water partition coefficient (Wildman–Crippen LogP) is 3.26. The van der Waals surface area contributed by atoms with E-state index in [1.165, 1.54) is 5.56 Å². The van der Waals surface area contributed by atoms with Crippen LogP contribution in [0.2, 0.25) is 0 Å². The molecule has 0 aliphatic carbocycles. The Morgan fingerprint density at radius 2 is 2.06 bits per heavy atom. The number of furan rings is 1. The van der Waals surface area contributed by atoms with Crippen molar-refractivity contribution in [1.29, 1.82) is 0 Å². The fourth-order valence-electron chi connectivity index (χ4n) is 1.98. The molecule has 1 atom stereocenters. The molecule has 0 aromatic carbocycles. The van der Waals surface area contributed by atoms with E-state index in [0.717, 1.165) is 24.5 Å². The van der Waals surface area contributed by atoms with Crippen molar-refractivity contribution in [1.82, 2.24) is 5.32 Å². The molecule has 0 saturated heterocycles. The van der Waals surface area contributed by atoms with E-state index < -0.39 is 0 Å². The molecule has 0 saturated carbocycles. The molecule has 0 fully saturated rings. The Morgan fingerprint density at radius 3 is 2.65 bits per heavy atom. The molecule has 0 amide bonds. The number of aryl methyl sites for hydroxylation is 1. The standard InChI is InChI=1S/C14H25NO2/c1-10(2)6-11(3)16-9-14-7-13(8-15-5)12(4)17-14/h7,10-11,15H,6,8-9H2,1-5H3. The van der Waals surface area contributed by atoms with Gasteiger partial charge in [0.1, 0.15) is 18.1 Å². The molecule has 0 spiro atoms. The van der Waals surface area contributed by atoms with Crippen molar-refractivity contribution in [3.05, 3.63) is 23.2 Å². The first kappa shape index (κ1) is 14.3. The topological polar surface area (TPSA) is 34.4 Å². The van der Waals surface area contributed by atoms with Crippen LogP contribution >= 0.6 is 0 Å². The molecule has 1 rings (SSSR count). The van der Waals surface area contributed by atoms with Gasteiger partial charge in [-0.25, -0.2) is 0 Å². The highest BCUT2D eigenvalue weighted by atomic mass is 16.5. The maximum Gasteiger partial charge on any atom is 0.130 e. The molecule has 0 radical (unpaired) electrons. The number of rotatable bonds is 7. The summed E-state index contributed by atoms with van der Waals surface area (Å²) in [4.78, 5) is 0. The monoisotopic (exact) mass is 239 g/mol. The van der Waals surface area contributed by atoms with Crippen LogP contribution in [0.25, 0.3) is 0 Å². The van der Waals surface area contributed by atoms with Gasteiger partial charge in [-0.1, -0.05) is 13.8 Å². The Morgan fingerprint density at radius 1 is 1.35 bits per heavy atom. The first-order valence-electron chi connectivity index (χ1n) is 6.37. The highest BCUT2D eigenvalue weighted by Crippen LogP contribution is 2.17. The zero-order valence-electron chi connectivity index (χ0n) is 11.7. The van der Waals surface area contributed by atoms with Crippen LogP contribution < -0.4 is 5.32 Å². The molecule has 1 unspecified atom stereocenters. The summed E-state index contributed by atoms with van der Waals surface area (Å²) in [5.74, 6) is 2.57. The Bertz CT molecular complexity index is 331. The van der Waals surface area contributed by atoms with Crippen molar-refractivity contribution in [2.24, 2.45) is 5.92 Å². The summed E-state index contributed by atoms with van der Waals surface area (Å²) in [5, 5.41) is 3.13. The van der Waals surface area contributed by atoms with Crippen molar-refractivity contribution in [3.8, 4) is 0 Å². The Kier molecular flexibility index (Phi) is 5.72. The number of hydrogen-bond acceptors (Lipinski definition) is 3. The van der Waals surface area contributed by atoms with E-state index in [1.807, 2.05) is 14.0 Å². The van der Waals surface area contributed by atoms with E-state index in [1.54, 1.807) is 0 Å². The van der Waals surface area contributed by atoms with Gasteiger partial charge >= 0.3 is 0 Å². The van der Waals surface area contributed by atoms with E-state index in [4.69, 9.17) is 9.15 Å². The van der Waals surface area contributed by atoms with Crippen molar-refractivity contribution in [2.45, 2.75) is 53.4 Å². The van der Waals surface area contributed by atoms with Gasteiger partial charge in [-0.2, -0.15) is 0 Å². The molecule has 3 nitrogen and oxygen atoms in total. The van der Waals surface area contributed by atoms with Crippen LogP contribution in [-0.4, -0.2) is 13.2 Å². The summed E-state index contributed by atoms with van der Waals surface area (Å²) in [7, 11) is 1.94. The van der Waals surface area contributed by atoms with Crippen LogP contribution in [0, 0.1) is 12.8 Å². The van der Waals surface area contributed by atoms with Gasteiger partial charge in [0.15, 0.2) is 0 Å². The van der Waals surface area contributed by atoms with E-state index >= 15 is 0 Å². The second kappa shape index (κ2) is 6.82. The Balaban J connectivity index is 2.43. The second-order valence-corrected chi connectivity index (χ2v) is 5.08. The van der Waals surface area contributed by atoms with Gasteiger partial charge in [-0.15, -0.1) is 0 Å². The Labute approximate surface area is 105 Å². The maximum absolute atomic E-state index is 5.77. The van der Waals surface area contributed by atoms with Crippen molar-refractivity contribution in [3.63, 3.8) is 0 Å². The minimum atomic E-state index is 0.285. The molecule has 0 bridgehead atoms. The van der Waals surface area contributed by atoms with Gasteiger partial charge in [0, 0.05) is 12.1 Å². The third kappa shape index (κ3) is 4.92. The van der Waals surface area contributed by atoms with E-state index in [2.05, 4.69) is 32.2 Å². The third-order valence-corrected chi connectivity index (χ3v) is 2.75. The average Bonchev–Trinajstić information content (AvgIpc) is 2.57. The highest BCUT2D eigenvalue weighted by Gasteiger charge is 2.09. The molecule has 0 aliphatic rings. The highest BCUT2D eigenvalue weighted by molar-refractivity contribution is 5.20. The van der Waals surface area contributed by atoms with Crippen molar-refractivity contribution in [2.75, 3.05) is 7.05 Å². The van der Waals surface area contributed by atoms with Crippen LogP contribution in [0.4, 0.5) is 0 Å². The summed E-state index contributed by atoms with van der Waals surface area (Å²) in [6.07, 6.45) is 1.37. The molecule has 3 heteroatoms. The lowest BCUT2D eigenvalue weighted by molar-refractivity contribution is 0.0300. The molecule has 1 heterocycles. The van der Waals surface area contributed by atoms with Gasteiger partial charge in [0.2, 0.25) is 0 Å². The van der Waals surface area contributed by atoms with Gasteiger partial charge in [-0.3, -0.25) is 0 Å². The Hall–Kier alpha value is -0.800. The quantitative estimate of drug-likeness (QED) is 0.793.